The fourth-order valence-electron chi connectivity index (χ4n) is 3.11. The summed E-state index contributed by atoms with van der Waals surface area (Å²) >= 11 is 0. The number of amides is 2. The zero-order valence-corrected chi connectivity index (χ0v) is 12.3. The van der Waals surface area contributed by atoms with Gasteiger partial charge in [0.2, 0.25) is 11.8 Å². The van der Waals surface area contributed by atoms with Crippen LogP contribution in [-0.2, 0) is 9.59 Å². The Hall–Kier alpha value is -2.23. The molecule has 1 saturated heterocycles. The molecule has 0 spiro atoms. The number of hydrogen-bond donors (Lipinski definition) is 0. The number of carbonyl (C=O) groups excluding carboxylic acids is 2. The first-order valence-electron chi connectivity index (χ1n) is 7.34. The topological polar surface area (TPSA) is 50.3 Å². The van der Waals surface area contributed by atoms with Crippen molar-refractivity contribution in [3.05, 3.63) is 36.5 Å². The number of benzene rings is 1. The summed E-state index contributed by atoms with van der Waals surface area (Å²) < 4.78 is 0. The first-order chi connectivity index (χ1) is 10.1. The summed E-state index contributed by atoms with van der Waals surface area (Å²) in [6.45, 7) is 3.94. The quantitative estimate of drug-likeness (QED) is 0.812. The van der Waals surface area contributed by atoms with Gasteiger partial charge in [-0.05, 0) is 25.0 Å². The fourth-order valence-corrected chi connectivity index (χ4v) is 3.11. The molecule has 0 unspecified atom stereocenters. The van der Waals surface area contributed by atoms with E-state index in [9.17, 15) is 9.59 Å². The molecule has 3 rings (SSSR count). The highest BCUT2D eigenvalue weighted by atomic mass is 16.2. The van der Waals surface area contributed by atoms with Crippen molar-refractivity contribution in [2.75, 3.05) is 4.90 Å². The molecule has 0 saturated carbocycles. The molecule has 0 radical (unpaired) electrons. The van der Waals surface area contributed by atoms with E-state index in [0.29, 0.717) is 30.5 Å². The van der Waals surface area contributed by atoms with Crippen molar-refractivity contribution in [1.82, 2.24) is 4.98 Å². The number of fused-ring (bicyclic) bond motifs is 1. The Bertz CT molecular complexity index is 714. The SMILES string of the molecule is CCC1(CC)CC(=O)N(c2cccc3cccnc23)C1=O. The van der Waals surface area contributed by atoms with Crippen molar-refractivity contribution in [1.29, 1.82) is 0 Å². The Morgan fingerprint density at radius 3 is 2.52 bits per heavy atom. The van der Waals surface area contributed by atoms with Gasteiger partial charge < -0.3 is 0 Å². The minimum atomic E-state index is -0.548. The van der Waals surface area contributed by atoms with Gasteiger partial charge in [-0.1, -0.05) is 32.0 Å². The van der Waals surface area contributed by atoms with E-state index in [0.717, 1.165) is 5.39 Å². The second-order valence-corrected chi connectivity index (χ2v) is 5.55. The first-order valence-corrected chi connectivity index (χ1v) is 7.34. The summed E-state index contributed by atoms with van der Waals surface area (Å²) in [6, 6.07) is 9.37. The van der Waals surface area contributed by atoms with Crippen LogP contribution in [0, 0.1) is 5.41 Å². The number of para-hydroxylation sites is 1. The number of carbonyl (C=O) groups is 2. The van der Waals surface area contributed by atoms with Gasteiger partial charge in [-0.2, -0.15) is 0 Å². The van der Waals surface area contributed by atoms with Gasteiger partial charge in [-0.25, -0.2) is 4.90 Å². The van der Waals surface area contributed by atoms with E-state index >= 15 is 0 Å². The molecule has 1 fully saturated rings. The number of anilines is 1. The molecule has 1 aromatic heterocycles. The predicted molar refractivity (Wildman–Crippen MR) is 81.9 cm³/mol. The number of rotatable bonds is 3. The molecule has 4 heteroatoms. The molecule has 0 atom stereocenters. The normalized spacial score (nSPS) is 17.7. The molecule has 21 heavy (non-hydrogen) atoms. The zero-order chi connectivity index (χ0) is 15.0. The van der Waals surface area contributed by atoms with Crippen LogP contribution < -0.4 is 4.90 Å². The number of imide groups is 1. The monoisotopic (exact) mass is 282 g/mol. The van der Waals surface area contributed by atoms with Crippen molar-refractivity contribution >= 4 is 28.4 Å². The van der Waals surface area contributed by atoms with Crippen molar-refractivity contribution in [2.45, 2.75) is 33.1 Å². The summed E-state index contributed by atoms with van der Waals surface area (Å²) in [5.74, 6) is -0.211. The smallest absolute Gasteiger partial charge is 0.240 e. The predicted octanol–water partition coefficient (Wildman–Crippen LogP) is 3.30. The minimum absolute atomic E-state index is 0.0874. The lowest BCUT2D eigenvalue weighted by molar-refractivity contribution is -0.126. The lowest BCUT2D eigenvalue weighted by Gasteiger charge is -2.23. The summed E-state index contributed by atoms with van der Waals surface area (Å²) in [5, 5.41) is 0.932. The van der Waals surface area contributed by atoms with E-state index in [1.807, 2.05) is 38.1 Å². The van der Waals surface area contributed by atoms with E-state index in [1.165, 1.54) is 4.90 Å². The van der Waals surface area contributed by atoms with Crippen LogP contribution >= 0.6 is 0 Å². The molecule has 0 aliphatic carbocycles. The maximum Gasteiger partial charge on any atom is 0.240 e. The van der Waals surface area contributed by atoms with E-state index in [-0.39, 0.29) is 11.8 Å². The van der Waals surface area contributed by atoms with Crippen LogP contribution in [0.25, 0.3) is 10.9 Å². The second kappa shape index (κ2) is 4.95. The average molecular weight is 282 g/mol. The third-order valence-corrected chi connectivity index (χ3v) is 4.60. The van der Waals surface area contributed by atoms with Crippen LogP contribution in [-0.4, -0.2) is 16.8 Å². The molecular formula is C17H18N2O2. The average Bonchev–Trinajstić information content (AvgIpc) is 2.78. The van der Waals surface area contributed by atoms with Crippen molar-refractivity contribution in [3.63, 3.8) is 0 Å². The summed E-state index contributed by atoms with van der Waals surface area (Å²) in [4.78, 5) is 30.9. The molecule has 2 aromatic rings. The first kappa shape index (κ1) is 13.7. The van der Waals surface area contributed by atoms with Gasteiger partial charge in [0, 0.05) is 18.0 Å². The highest BCUT2D eigenvalue weighted by Crippen LogP contribution is 2.42. The third kappa shape index (κ3) is 1.94. The van der Waals surface area contributed by atoms with Gasteiger partial charge in [0.05, 0.1) is 16.6 Å². The molecule has 1 aromatic carbocycles. The van der Waals surface area contributed by atoms with E-state index in [2.05, 4.69) is 4.98 Å². The largest absolute Gasteiger partial charge is 0.274 e. The lowest BCUT2D eigenvalue weighted by atomic mass is 9.81. The van der Waals surface area contributed by atoms with Gasteiger partial charge in [0.15, 0.2) is 0 Å². The van der Waals surface area contributed by atoms with E-state index in [4.69, 9.17) is 0 Å². The molecule has 4 nitrogen and oxygen atoms in total. The summed E-state index contributed by atoms with van der Waals surface area (Å²) in [7, 11) is 0. The summed E-state index contributed by atoms with van der Waals surface area (Å²) in [6.07, 6.45) is 3.34. The van der Waals surface area contributed by atoms with Gasteiger partial charge >= 0.3 is 0 Å². The van der Waals surface area contributed by atoms with E-state index < -0.39 is 5.41 Å². The van der Waals surface area contributed by atoms with Crippen LogP contribution in [0.4, 0.5) is 5.69 Å². The molecule has 2 heterocycles. The Morgan fingerprint density at radius 2 is 1.86 bits per heavy atom. The molecule has 2 amide bonds. The van der Waals surface area contributed by atoms with Crippen molar-refractivity contribution in [3.8, 4) is 0 Å². The minimum Gasteiger partial charge on any atom is -0.274 e. The Balaban J connectivity index is 2.15. The summed E-state index contributed by atoms with van der Waals surface area (Å²) in [5.41, 5.74) is 0.755. The van der Waals surface area contributed by atoms with E-state index in [1.54, 1.807) is 12.3 Å². The van der Waals surface area contributed by atoms with Gasteiger partial charge in [-0.3, -0.25) is 14.6 Å². The Morgan fingerprint density at radius 1 is 1.14 bits per heavy atom. The Labute approximate surface area is 123 Å². The zero-order valence-electron chi connectivity index (χ0n) is 12.3. The Kier molecular flexibility index (Phi) is 3.24. The number of nitrogens with zero attached hydrogens (tertiary/aromatic N) is 2. The third-order valence-electron chi connectivity index (χ3n) is 4.60. The maximum atomic E-state index is 12.8. The number of hydrogen-bond acceptors (Lipinski definition) is 3. The number of aromatic nitrogens is 1. The lowest BCUT2D eigenvalue weighted by Crippen LogP contribution is -2.35. The van der Waals surface area contributed by atoms with Crippen LogP contribution in [0.5, 0.6) is 0 Å². The highest BCUT2D eigenvalue weighted by molar-refractivity contribution is 6.24. The highest BCUT2D eigenvalue weighted by Gasteiger charge is 2.50. The molecule has 1 aliphatic rings. The molecule has 0 bridgehead atoms. The van der Waals surface area contributed by atoms with Crippen LogP contribution in [0.15, 0.2) is 36.5 Å². The van der Waals surface area contributed by atoms with Crippen LogP contribution in [0.1, 0.15) is 33.1 Å². The number of pyridine rings is 1. The maximum absolute atomic E-state index is 12.8. The fraction of sp³-hybridized carbons (Fsp3) is 0.353. The van der Waals surface area contributed by atoms with Gasteiger partial charge in [0.1, 0.15) is 0 Å². The molecule has 1 aliphatic heterocycles. The van der Waals surface area contributed by atoms with Crippen LogP contribution in [0.3, 0.4) is 0 Å². The molecule has 108 valence electrons. The van der Waals surface area contributed by atoms with Gasteiger partial charge in [0.25, 0.3) is 0 Å². The molecular weight excluding hydrogens is 264 g/mol. The molecule has 0 N–H and O–H groups in total. The van der Waals surface area contributed by atoms with Crippen molar-refractivity contribution < 1.29 is 9.59 Å². The van der Waals surface area contributed by atoms with Crippen LogP contribution in [0.2, 0.25) is 0 Å². The van der Waals surface area contributed by atoms with Gasteiger partial charge in [-0.15, -0.1) is 0 Å². The standard InChI is InChI=1S/C17H18N2O2/c1-3-17(4-2)11-14(20)19(16(17)21)13-9-5-7-12-8-6-10-18-15(12)13/h5-10H,3-4,11H2,1-2H3. The van der Waals surface area contributed by atoms with Crippen molar-refractivity contribution in [2.24, 2.45) is 5.41 Å². The second-order valence-electron chi connectivity index (χ2n) is 5.55.